The van der Waals surface area contributed by atoms with Crippen LogP contribution < -0.4 is 0 Å². The van der Waals surface area contributed by atoms with Gasteiger partial charge in [-0.2, -0.15) is 0 Å². The molecule has 0 saturated heterocycles. The quantitative estimate of drug-likeness (QED) is 0.484. The van der Waals surface area contributed by atoms with Crippen molar-refractivity contribution in [1.82, 2.24) is 0 Å². The van der Waals surface area contributed by atoms with Gasteiger partial charge in [0.1, 0.15) is 0 Å². The molecule has 14 heavy (non-hydrogen) atoms. The third-order valence-electron chi connectivity index (χ3n) is 1.67. The maximum atomic E-state index is 10.5. The van der Waals surface area contributed by atoms with E-state index in [0.717, 1.165) is 5.56 Å². The number of ketones is 1. The molecule has 1 heteroatoms. The molecule has 0 aromatic heterocycles. The minimum atomic E-state index is 0.0169. The minimum Gasteiger partial charge on any atom is -0.295 e. The standard InChI is InChI=1S/C13H12O/c1-11-7-9-13(10-8-11)6-4-3-5-12(2)14/h3,5,7-10H,1-2H3/b5-3+. The van der Waals surface area contributed by atoms with E-state index in [2.05, 4.69) is 11.8 Å². The molecular formula is C13H12O. The topological polar surface area (TPSA) is 17.1 Å². The van der Waals surface area contributed by atoms with E-state index in [0.29, 0.717) is 0 Å². The highest BCUT2D eigenvalue weighted by atomic mass is 16.1. The SMILES string of the molecule is CC(=O)/C=C/C#Cc1ccc(C)cc1. The van der Waals surface area contributed by atoms with E-state index in [1.54, 1.807) is 6.08 Å². The Morgan fingerprint density at radius 3 is 2.50 bits per heavy atom. The molecule has 1 aromatic carbocycles. The van der Waals surface area contributed by atoms with Crippen LogP contribution in [0.2, 0.25) is 0 Å². The lowest BCUT2D eigenvalue weighted by Crippen LogP contribution is -1.78. The molecule has 0 fully saturated rings. The summed E-state index contributed by atoms with van der Waals surface area (Å²) in [5.74, 6) is 5.76. The Hall–Kier alpha value is -1.81. The molecule has 0 amide bonds. The van der Waals surface area contributed by atoms with Crippen molar-refractivity contribution in [3.63, 3.8) is 0 Å². The lowest BCUT2D eigenvalue weighted by atomic mass is 10.1. The number of hydrogen-bond donors (Lipinski definition) is 0. The number of hydrogen-bond acceptors (Lipinski definition) is 1. The van der Waals surface area contributed by atoms with Gasteiger partial charge in [-0.15, -0.1) is 0 Å². The molecular weight excluding hydrogens is 172 g/mol. The van der Waals surface area contributed by atoms with Gasteiger partial charge in [-0.05, 0) is 38.1 Å². The molecule has 0 spiro atoms. The molecule has 0 radical (unpaired) electrons. The zero-order valence-corrected chi connectivity index (χ0v) is 8.37. The van der Waals surface area contributed by atoms with Gasteiger partial charge >= 0.3 is 0 Å². The number of aryl methyl sites for hydroxylation is 1. The van der Waals surface area contributed by atoms with Crippen LogP contribution in [0, 0.1) is 18.8 Å². The summed E-state index contributed by atoms with van der Waals surface area (Å²) in [6.07, 6.45) is 3.03. The zero-order valence-electron chi connectivity index (χ0n) is 8.37. The van der Waals surface area contributed by atoms with Crippen LogP contribution in [0.25, 0.3) is 0 Å². The molecule has 0 aliphatic heterocycles. The first-order valence-electron chi connectivity index (χ1n) is 4.44. The lowest BCUT2D eigenvalue weighted by molar-refractivity contribution is -0.112. The van der Waals surface area contributed by atoms with Crippen molar-refractivity contribution in [2.45, 2.75) is 13.8 Å². The van der Waals surface area contributed by atoms with Crippen molar-refractivity contribution < 1.29 is 4.79 Å². The molecule has 0 bridgehead atoms. The van der Waals surface area contributed by atoms with E-state index in [9.17, 15) is 4.79 Å². The predicted octanol–water partition coefficient (Wildman–Crippen LogP) is 2.49. The lowest BCUT2D eigenvalue weighted by Gasteiger charge is -1.90. The molecule has 0 atom stereocenters. The summed E-state index contributed by atoms with van der Waals surface area (Å²) in [6, 6.07) is 7.95. The molecule has 0 unspecified atom stereocenters. The molecule has 1 nitrogen and oxygen atoms in total. The monoisotopic (exact) mass is 184 g/mol. The predicted molar refractivity (Wildman–Crippen MR) is 57.9 cm³/mol. The molecule has 0 heterocycles. The minimum absolute atomic E-state index is 0.0169. The van der Waals surface area contributed by atoms with Crippen LogP contribution in [0.3, 0.4) is 0 Å². The van der Waals surface area contributed by atoms with E-state index >= 15 is 0 Å². The summed E-state index contributed by atoms with van der Waals surface area (Å²) in [5, 5.41) is 0. The van der Waals surface area contributed by atoms with Gasteiger partial charge in [0, 0.05) is 5.56 Å². The average Bonchev–Trinajstić information content (AvgIpc) is 2.15. The van der Waals surface area contributed by atoms with Crippen LogP contribution in [-0.4, -0.2) is 5.78 Å². The zero-order chi connectivity index (χ0) is 10.4. The third-order valence-corrected chi connectivity index (χ3v) is 1.67. The van der Waals surface area contributed by atoms with Gasteiger partial charge in [-0.3, -0.25) is 4.79 Å². The summed E-state index contributed by atoms with van der Waals surface area (Å²) < 4.78 is 0. The summed E-state index contributed by atoms with van der Waals surface area (Å²) in [7, 11) is 0. The smallest absolute Gasteiger partial charge is 0.153 e. The van der Waals surface area contributed by atoms with E-state index in [-0.39, 0.29) is 5.78 Å². The second-order valence-electron chi connectivity index (χ2n) is 3.08. The number of benzene rings is 1. The Morgan fingerprint density at radius 1 is 1.29 bits per heavy atom. The fraction of sp³-hybridized carbons (Fsp3) is 0.154. The van der Waals surface area contributed by atoms with Gasteiger partial charge < -0.3 is 0 Å². The number of allylic oxidation sites excluding steroid dienone is 2. The van der Waals surface area contributed by atoms with Gasteiger partial charge in [-0.1, -0.05) is 29.5 Å². The van der Waals surface area contributed by atoms with Crippen molar-refractivity contribution in [2.24, 2.45) is 0 Å². The Morgan fingerprint density at radius 2 is 1.93 bits per heavy atom. The van der Waals surface area contributed by atoms with Crippen molar-refractivity contribution >= 4 is 5.78 Å². The van der Waals surface area contributed by atoms with E-state index in [4.69, 9.17) is 0 Å². The molecule has 0 aliphatic carbocycles. The van der Waals surface area contributed by atoms with E-state index < -0.39 is 0 Å². The van der Waals surface area contributed by atoms with Crippen LogP contribution in [0.4, 0.5) is 0 Å². The first-order valence-corrected chi connectivity index (χ1v) is 4.44. The first-order chi connectivity index (χ1) is 6.68. The maximum Gasteiger partial charge on any atom is 0.153 e. The fourth-order valence-corrected chi connectivity index (χ4v) is 0.921. The number of rotatable bonds is 1. The first kappa shape index (κ1) is 10.3. The van der Waals surface area contributed by atoms with Crippen LogP contribution in [0.1, 0.15) is 18.1 Å². The Labute approximate surface area is 84.5 Å². The Bertz CT molecular complexity index is 399. The maximum absolute atomic E-state index is 10.5. The Kier molecular flexibility index (Phi) is 3.69. The van der Waals surface area contributed by atoms with Crippen LogP contribution in [0.15, 0.2) is 36.4 Å². The normalized spacial score (nSPS) is 9.57. The number of carbonyl (C=O) groups is 1. The van der Waals surface area contributed by atoms with Gasteiger partial charge in [0.15, 0.2) is 5.78 Å². The largest absolute Gasteiger partial charge is 0.295 e. The number of carbonyl (C=O) groups excluding carboxylic acids is 1. The van der Waals surface area contributed by atoms with Gasteiger partial charge in [0.2, 0.25) is 0 Å². The summed E-state index contributed by atoms with van der Waals surface area (Å²) in [4.78, 5) is 10.5. The van der Waals surface area contributed by atoms with Crippen LogP contribution in [0.5, 0.6) is 0 Å². The Balaban J connectivity index is 2.68. The molecule has 0 aliphatic rings. The summed E-state index contributed by atoms with van der Waals surface area (Å²) in [6.45, 7) is 3.54. The van der Waals surface area contributed by atoms with Crippen molar-refractivity contribution in [3.8, 4) is 11.8 Å². The molecule has 70 valence electrons. The van der Waals surface area contributed by atoms with Gasteiger partial charge in [0.05, 0.1) is 0 Å². The fourth-order valence-electron chi connectivity index (χ4n) is 0.921. The summed E-state index contributed by atoms with van der Waals surface area (Å²) in [5.41, 5.74) is 2.18. The highest BCUT2D eigenvalue weighted by Gasteiger charge is 1.84. The third kappa shape index (κ3) is 3.73. The second kappa shape index (κ2) is 5.04. The molecule has 1 aromatic rings. The average molecular weight is 184 g/mol. The molecule has 0 saturated carbocycles. The van der Waals surface area contributed by atoms with Crippen molar-refractivity contribution in [1.29, 1.82) is 0 Å². The van der Waals surface area contributed by atoms with Crippen LogP contribution in [-0.2, 0) is 4.79 Å². The van der Waals surface area contributed by atoms with Gasteiger partial charge in [-0.25, -0.2) is 0 Å². The second-order valence-corrected chi connectivity index (χ2v) is 3.08. The van der Waals surface area contributed by atoms with E-state index in [1.165, 1.54) is 18.6 Å². The van der Waals surface area contributed by atoms with Gasteiger partial charge in [0.25, 0.3) is 0 Å². The van der Waals surface area contributed by atoms with Crippen molar-refractivity contribution in [3.05, 3.63) is 47.5 Å². The molecule has 1 rings (SSSR count). The summed E-state index contributed by atoms with van der Waals surface area (Å²) >= 11 is 0. The highest BCUT2D eigenvalue weighted by molar-refractivity contribution is 5.87. The van der Waals surface area contributed by atoms with Crippen molar-refractivity contribution in [2.75, 3.05) is 0 Å². The highest BCUT2D eigenvalue weighted by Crippen LogP contribution is 2.00. The van der Waals surface area contributed by atoms with E-state index in [1.807, 2.05) is 31.2 Å². The van der Waals surface area contributed by atoms with Crippen LogP contribution >= 0.6 is 0 Å². The molecule has 0 N–H and O–H groups in total.